The zero-order valence-corrected chi connectivity index (χ0v) is 15.9. The van der Waals surface area contributed by atoms with Crippen LogP contribution in [0.2, 0.25) is 0 Å². The highest BCUT2D eigenvalue weighted by molar-refractivity contribution is 9.10. The van der Waals surface area contributed by atoms with Gasteiger partial charge in [-0.05, 0) is 89.8 Å². The van der Waals surface area contributed by atoms with Gasteiger partial charge in [0.25, 0.3) is 5.91 Å². The molecule has 4 nitrogen and oxygen atoms in total. The van der Waals surface area contributed by atoms with Gasteiger partial charge in [-0.2, -0.15) is 0 Å². The molecule has 0 spiro atoms. The molecule has 25 heavy (non-hydrogen) atoms. The Morgan fingerprint density at radius 3 is 2.28 bits per heavy atom. The van der Waals surface area contributed by atoms with Crippen LogP contribution in [0.15, 0.2) is 28.7 Å². The van der Waals surface area contributed by atoms with E-state index >= 15 is 0 Å². The average Bonchev–Trinajstić information content (AvgIpc) is 2.57. The fourth-order valence-corrected chi connectivity index (χ4v) is 6.13. The van der Waals surface area contributed by atoms with Gasteiger partial charge in [0.1, 0.15) is 0 Å². The summed E-state index contributed by atoms with van der Waals surface area (Å²) in [5.41, 5.74) is 0.744. The fourth-order valence-electron chi connectivity index (χ4n) is 5.68. The van der Waals surface area contributed by atoms with E-state index in [4.69, 9.17) is 4.74 Å². The van der Waals surface area contributed by atoms with Crippen molar-refractivity contribution in [2.45, 2.75) is 38.5 Å². The van der Waals surface area contributed by atoms with Crippen LogP contribution in [0.1, 0.15) is 48.9 Å². The predicted octanol–water partition coefficient (Wildman–Crippen LogP) is 3.94. The van der Waals surface area contributed by atoms with Crippen LogP contribution in [0, 0.1) is 23.2 Å². The van der Waals surface area contributed by atoms with Crippen molar-refractivity contribution in [2.75, 3.05) is 13.2 Å². The highest BCUT2D eigenvalue weighted by Gasteiger charge is 2.50. The van der Waals surface area contributed by atoms with Gasteiger partial charge in [-0.15, -0.1) is 0 Å². The molecule has 5 rings (SSSR count). The third-order valence-corrected chi connectivity index (χ3v) is 6.95. The van der Waals surface area contributed by atoms with Crippen molar-refractivity contribution in [2.24, 2.45) is 23.2 Å². The fraction of sp³-hybridized carbons (Fsp3) is 0.600. The number of hydrogen-bond acceptors (Lipinski definition) is 3. The number of hydrogen-bond donors (Lipinski definition) is 1. The summed E-state index contributed by atoms with van der Waals surface area (Å²) in [6.45, 7) is 0.522. The smallest absolute Gasteiger partial charge is 0.339 e. The van der Waals surface area contributed by atoms with Gasteiger partial charge in [-0.3, -0.25) is 4.79 Å². The minimum atomic E-state index is -0.475. The minimum absolute atomic E-state index is 0.198. The lowest BCUT2D eigenvalue weighted by Crippen LogP contribution is -2.51. The molecule has 0 aliphatic heterocycles. The zero-order chi connectivity index (χ0) is 17.4. The van der Waals surface area contributed by atoms with Crippen LogP contribution >= 0.6 is 15.9 Å². The monoisotopic (exact) mass is 405 g/mol. The Kier molecular flexibility index (Phi) is 4.61. The van der Waals surface area contributed by atoms with Gasteiger partial charge < -0.3 is 10.1 Å². The molecule has 4 aliphatic rings. The van der Waals surface area contributed by atoms with Crippen LogP contribution in [0.5, 0.6) is 0 Å². The first-order valence-corrected chi connectivity index (χ1v) is 10.0. The molecule has 0 aromatic heterocycles. The van der Waals surface area contributed by atoms with E-state index in [-0.39, 0.29) is 12.5 Å². The lowest BCUT2D eigenvalue weighted by molar-refractivity contribution is -0.126. The van der Waals surface area contributed by atoms with E-state index in [1.807, 2.05) is 6.07 Å². The van der Waals surface area contributed by atoms with Crippen LogP contribution in [0.4, 0.5) is 0 Å². The van der Waals surface area contributed by atoms with Gasteiger partial charge in [0.2, 0.25) is 0 Å². The summed E-state index contributed by atoms with van der Waals surface area (Å²) in [6.07, 6.45) is 7.98. The van der Waals surface area contributed by atoms with Gasteiger partial charge in [-0.1, -0.05) is 12.1 Å². The van der Waals surface area contributed by atoms with Gasteiger partial charge >= 0.3 is 5.97 Å². The Bertz CT molecular complexity index is 652. The van der Waals surface area contributed by atoms with Crippen LogP contribution in [0.25, 0.3) is 0 Å². The highest BCUT2D eigenvalue weighted by Crippen LogP contribution is 2.59. The molecule has 4 fully saturated rings. The number of carbonyl (C=O) groups excluding carboxylic acids is 2. The molecule has 1 amide bonds. The van der Waals surface area contributed by atoms with Crippen molar-refractivity contribution in [3.63, 3.8) is 0 Å². The van der Waals surface area contributed by atoms with Crippen molar-refractivity contribution in [1.82, 2.24) is 5.32 Å². The normalized spacial score (nSPS) is 32.4. The third kappa shape index (κ3) is 3.62. The molecule has 1 aromatic rings. The summed E-state index contributed by atoms with van der Waals surface area (Å²) in [6, 6.07) is 7.07. The molecule has 4 saturated carbocycles. The van der Waals surface area contributed by atoms with Crippen LogP contribution in [0.3, 0.4) is 0 Å². The molecular weight excluding hydrogens is 382 g/mol. The summed E-state index contributed by atoms with van der Waals surface area (Å²) in [5.74, 6) is 1.94. The average molecular weight is 406 g/mol. The number of benzene rings is 1. The second kappa shape index (κ2) is 6.75. The number of halogens is 1. The van der Waals surface area contributed by atoms with Crippen molar-refractivity contribution < 1.29 is 14.3 Å². The highest BCUT2D eigenvalue weighted by atomic mass is 79.9. The van der Waals surface area contributed by atoms with E-state index in [1.165, 1.54) is 38.5 Å². The number of rotatable bonds is 5. The van der Waals surface area contributed by atoms with Crippen molar-refractivity contribution in [3.05, 3.63) is 34.3 Å². The van der Waals surface area contributed by atoms with E-state index in [1.54, 1.807) is 18.2 Å². The Morgan fingerprint density at radius 2 is 1.68 bits per heavy atom. The van der Waals surface area contributed by atoms with E-state index in [9.17, 15) is 9.59 Å². The standard InChI is InChI=1S/C20H24BrNO3/c21-17-4-2-1-3-16(17)19(24)25-11-18(23)22-12-20-8-13-5-14(9-20)7-15(6-13)10-20/h1-4,13-15H,5-12H2,(H,22,23). The molecule has 4 aliphatic carbocycles. The van der Waals surface area contributed by atoms with Crippen LogP contribution in [-0.4, -0.2) is 25.0 Å². The maximum absolute atomic E-state index is 12.2. The molecule has 1 N–H and O–H groups in total. The molecule has 0 heterocycles. The van der Waals surface area contributed by atoms with E-state index < -0.39 is 5.97 Å². The summed E-state index contributed by atoms with van der Waals surface area (Å²) in [7, 11) is 0. The Labute approximate surface area is 156 Å². The van der Waals surface area contributed by atoms with Gasteiger partial charge in [0, 0.05) is 11.0 Å². The largest absolute Gasteiger partial charge is 0.452 e. The second-order valence-electron chi connectivity index (χ2n) is 8.25. The molecule has 4 bridgehead atoms. The summed E-state index contributed by atoms with van der Waals surface area (Å²) in [4.78, 5) is 24.2. The number of amides is 1. The third-order valence-electron chi connectivity index (χ3n) is 6.25. The van der Waals surface area contributed by atoms with Gasteiger partial charge in [-0.25, -0.2) is 4.79 Å². The summed E-state index contributed by atoms with van der Waals surface area (Å²) >= 11 is 3.32. The van der Waals surface area contributed by atoms with Crippen LogP contribution in [-0.2, 0) is 9.53 Å². The minimum Gasteiger partial charge on any atom is -0.452 e. The van der Waals surface area contributed by atoms with E-state index in [0.717, 1.165) is 24.3 Å². The molecule has 0 unspecified atom stereocenters. The maximum atomic E-state index is 12.2. The number of carbonyl (C=O) groups is 2. The zero-order valence-electron chi connectivity index (χ0n) is 14.3. The molecule has 0 atom stereocenters. The number of esters is 1. The molecule has 1 aromatic carbocycles. The topological polar surface area (TPSA) is 55.4 Å². The summed E-state index contributed by atoms with van der Waals surface area (Å²) in [5, 5.41) is 3.03. The molecule has 5 heteroatoms. The van der Waals surface area contributed by atoms with Crippen molar-refractivity contribution in [3.8, 4) is 0 Å². The Hall–Kier alpha value is -1.36. The number of nitrogens with one attached hydrogen (secondary N) is 1. The van der Waals surface area contributed by atoms with Gasteiger partial charge in [0.15, 0.2) is 6.61 Å². The van der Waals surface area contributed by atoms with E-state index in [2.05, 4.69) is 21.2 Å². The van der Waals surface area contributed by atoms with Crippen molar-refractivity contribution >= 4 is 27.8 Å². The van der Waals surface area contributed by atoms with Gasteiger partial charge in [0.05, 0.1) is 5.56 Å². The Balaban J connectivity index is 1.27. The van der Waals surface area contributed by atoms with Crippen LogP contribution < -0.4 is 5.32 Å². The van der Waals surface area contributed by atoms with Crippen molar-refractivity contribution in [1.29, 1.82) is 0 Å². The first kappa shape index (κ1) is 17.1. The number of ether oxygens (including phenoxy) is 1. The first-order valence-electron chi connectivity index (χ1n) is 9.21. The lowest BCUT2D eigenvalue weighted by Gasteiger charge is -2.56. The second-order valence-corrected chi connectivity index (χ2v) is 9.10. The Morgan fingerprint density at radius 1 is 1.08 bits per heavy atom. The molecular formula is C20H24BrNO3. The molecule has 134 valence electrons. The maximum Gasteiger partial charge on any atom is 0.339 e. The molecule has 0 radical (unpaired) electrons. The SMILES string of the molecule is O=C(COC(=O)c1ccccc1Br)NCC12CC3CC(CC(C3)C1)C2. The summed E-state index contributed by atoms with van der Waals surface area (Å²) < 4.78 is 5.84. The quantitative estimate of drug-likeness (QED) is 0.754. The molecule has 0 saturated heterocycles. The first-order chi connectivity index (χ1) is 12.0. The lowest BCUT2D eigenvalue weighted by atomic mass is 9.49. The predicted molar refractivity (Wildman–Crippen MR) is 98.0 cm³/mol. The van der Waals surface area contributed by atoms with E-state index in [0.29, 0.717) is 15.5 Å².